The van der Waals surface area contributed by atoms with Gasteiger partial charge in [0.15, 0.2) is 11.5 Å². The van der Waals surface area contributed by atoms with E-state index in [0.717, 1.165) is 5.56 Å². The van der Waals surface area contributed by atoms with Crippen LogP contribution in [0.1, 0.15) is 31.0 Å². The lowest BCUT2D eigenvalue weighted by Gasteiger charge is -2.27. The van der Waals surface area contributed by atoms with Crippen molar-refractivity contribution in [1.82, 2.24) is 20.2 Å². The van der Waals surface area contributed by atoms with Gasteiger partial charge in [-0.15, -0.1) is 0 Å². The second-order valence-electron chi connectivity index (χ2n) is 7.16. The Morgan fingerprint density at radius 1 is 1.27 bits per heavy atom. The number of primary amides is 1. The molecule has 1 amide bonds. The van der Waals surface area contributed by atoms with Crippen LogP contribution in [0.2, 0.25) is 10.0 Å². The van der Waals surface area contributed by atoms with Gasteiger partial charge in [-0.1, -0.05) is 34.4 Å². The van der Waals surface area contributed by atoms with Gasteiger partial charge in [0.2, 0.25) is 11.9 Å². The molecule has 9 nitrogen and oxygen atoms in total. The van der Waals surface area contributed by atoms with Crippen molar-refractivity contribution < 1.29 is 14.3 Å². The number of tetrazole rings is 1. The number of aromatic nitrogens is 4. The zero-order valence-electron chi connectivity index (χ0n) is 17.6. The van der Waals surface area contributed by atoms with E-state index >= 15 is 0 Å². The van der Waals surface area contributed by atoms with Gasteiger partial charge in [0.05, 0.1) is 16.7 Å². The third-order valence-electron chi connectivity index (χ3n) is 5.01. The van der Waals surface area contributed by atoms with Gasteiger partial charge in [-0.3, -0.25) is 4.79 Å². The highest BCUT2D eigenvalue weighted by atomic mass is 79.9. The molecule has 0 spiro atoms. The number of fused-ring (bicyclic) bond motifs is 1. The second-order valence-corrected chi connectivity index (χ2v) is 8.86. The van der Waals surface area contributed by atoms with Crippen LogP contribution in [0.5, 0.6) is 11.5 Å². The molecule has 33 heavy (non-hydrogen) atoms. The summed E-state index contributed by atoms with van der Waals surface area (Å²) in [6.45, 7) is 4.21. The molecule has 2 aromatic carbocycles. The van der Waals surface area contributed by atoms with Crippen LogP contribution < -0.4 is 20.5 Å². The smallest absolute Gasteiger partial charge is 0.248 e. The van der Waals surface area contributed by atoms with Crippen molar-refractivity contribution in [2.75, 3.05) is 11.9 Å². The van der Waals surface area contributed by atoms with Crippen LogP contribution in [0.15, 0.2) is 46.1 Å². The van der Waals surface area contributed by atoms with Crippen LogP contribution in [0.25, 0.3) is 0 Å². The molecule has 3 aromatic rings. The number of benzene rings is 2. The zero-order chi connectivity index (χ0) is 23.7. The summed E-state index contributed by atoms with van der Waals surface area (Å²) in [7, 11) is 0. The van der Waals surface area contributed by atoms with Crippen LogP contribution in [-0.2, 0) is 11.4 Å². The summed E-state index contributed by atoms with van der Waals surface area (Å²) in [5.74, 6) is 0.771. The molecule has 0 radical (unpaired) electrons. The Morgan fingerprint density at radius 3 is 2.76 bits per heavy atom. The molecule has 12 heteroatoms. The van der Waals surface area contributed by atoms with E-state index in [2.05, 4.69) is 36.8 Å². The summed E-state index contributed by atoms with van der Waals surface area (Å²) in [4.78, 5) is 12.3. The monoisotopic (exact) mass is 552 g/mol. The minimum atomic E-state index is -0.649. The van der Waals surface area contributed by atoms with E-state index in [1.807, 2.05) is 13.0 Å². The van der Waals surface area contributed by atoms with Crippen LogP contribution >= 0.6 is 39.1 Å². The second kappa shape index (κ2) is 9.58. The Morgan fingerprint density at radius 2 is 2.06 bits per heavy atom. The van der Waals surface area contributed by atoms with Gasteiger partial charge >= 0.3 is 0 Å². The molecule has 0 bridgehead atoms. The third kappa shape index (κ3) is 4.64. The van der Waals surface area contributed by atoms with Gasteiger partial charge in [-0.2, -0.15) is 4.68 Å². The summed E-state index contributed by atoms with van der Waals surface area (Å²) in [5, 5.41) is 15.8. The van der Waals surface area contributed by atoms with Crippen molar-refractivity contribution in [1.29, 1.82) is 0 Å². The van der Waals surface area contributed by atoms with Gasteiger partial charge < -0.3 is 20.5 Å². The molecule has 0 fully saturated rings. The fourth-order valence-corrected chi connectivity index (χ4v) is 4.61. The number of nitrogens with two attached hydrogens (primary N) is 1. The molecule has 1 atom stereocenters. The SMILES string of the molecule is CCOc1cc(C2C(C(N)=O)=C(C)Nc3nnnn32)cc(Br)c1OCc1ccc(Cl)cc1Cl. The van der Waals surface area contributed by atoms with Crippen molar-refractivity contribution in [3.8, 4) is 11.5 Å². The Bertz CT molecular complexity index is 1260. The van der Waals surface area contributed by atoms with Crippen LogP contribution in [0.3, 0.4) is 0 Å². The average molecular weight is 554 g/mol. The van der Waals surface area contributed by atoms with Crippen LogP contribution in [-0.4, -0.2) is 32.7 Å². The van der Waals surface area contributed by atoms with Crippen molar-refractivity contribution in [2.45, 2.75) is 26.5 Å². The number of anilines is 1. The topological polar surface area (TPSA) is 117 Å². The number of allylic oxidation sites excluding steroid dienone is 1. The minimum absolute atomic E-state index is 0.198. The largest absolute Gasteiger partial charge is 0.490 e. The Hall–Kier alpha value is -2.82. The summed E-state index contributed by atoms with van der Waals surface area (Å²) in [6.07, 6.45) is 0. The maximum absolute atomic E-state index is 12.3. The maximum Gasteiger partial charge on any atom is 0.248 e. The number of hydrogen-bond donors (Lipinski definition) is 2. The normalized spacial score (nSPS) is 15.1. The molecule has 0 saturated carbocycles. The van der Waals surface area contributed by atoms with Crippen molar-refractivity contribution >= 4 is 51.0 Å². The molecule has 1 aromatic heterocycles. The van der Waals surface area contributed by atoms with E-state index in [9.17, 15) is 4.79 Å². The fourth-order valence-electron chi connectivity index (χ4n) is 3.58. The van der Waals surface area contributed by atoms with Gasteiger partial charge in [-0.25, -0.2) is 0 Å². The van der Waals surface area contributed by atoms with Crippen molar-refractivity contribution in [3.63, 3.8) is 0 Å². The van der Waals surface area contributed by atoms with Crippen molar-refractivity contribution in [3.05, 3.63) is 67.2 Å². The molecular weight excluding hydrogens is 535 g/mol. The molecule has 0 saturated heterocycles. The lowest BCUT2D eigenvalue weighted by atomic mass is 9.95. The molecule has 1 unspecified atom stereocenters. The first-order chi connectivity index (χ1) is 15.8. The van der Waals surface area contributed by atoms with Gasteiger partial charge in [0.1, 0.15) is 12.6 Å². The summed E-state index contributed by atoms with van der Waals surface area (Å²) in [5.41, 5.74) is 8.07. The van der Waals surface area contributed by atoms with E-state index in [-0.39, 0.29) is 6.61 Å². The minimum Gasteiger partial charge on any atom is -0.490 e. The van der Waals surface area contributed by atoms with Crippen molar-refractivity contribution in [2.24, 2.45) is 5.73 Å². The van der Waals surface area contributed by atoms with E-state index in [4.69, 9.17) is 38.4 Å². The third-order valence-corrected chi connectivity index (χ3v) is 6.19. The molecule has 3 N–H and O–H groups in total. The lowest BCUT2D eigenvalue weighted by Crippen LogP contribution is -2.32. The van der Waals surface area contributed by atoms with E-state index in [1.165, 1.54) is 4.68 Å². The molecular formula is C21H19BrCl2N6O3. The van der Waals surface area contributed by atoms with Gasteiger partial charge in [0, 0.05) is 21.3 Å². The molecule has 2 heterocycles. The number of nitrogens with one attached hydrogen (secondary N) is 1. The predicted octanol–water partition coefficient (Wildman–Crippen LogP) is 4.49. The Labute approximate surface area is 208 Å². The number of nitrogens with zero attached hydrogens (tertiary/aromatic N) is 4. The first-order valence-electron chi connectivity index (χ1n) is 9.88. The first-order valence-corrected chi connectivity index (χ1v) is 11.4. The summed E-state index contributed by atoms with van der Waals surface area (Å²) in [6, 6.07) is 8.15. The number of carbonyl (C=O) groups is 1. The summed E-state index contributed by atoms with van der Waals surface area (Å²) >= 11 is 15.8. The Kier molecular flexibility index (Phi) is 6.78. The number of hydrogen-bond acceptors (Lipinski definition) is 7. The number of amides is 1. The standard InChI is InChI=1S/C21H19BrCl2N6O3/c1-3-32-16-7-12(18-17(20(25)31)10(2)26-21-27-28-29-30(18)21)6-14(22)19(16)33-9-11-4-5-13(23)8-15(11)24/h4-8,18H,3,9H2,1-2H3,(H2,25,31)(H,26,27,29). The van der Waals surface area contributed by atoms with Crippen LogP contribution in [0, 0.1) is 0 Å². The number of halogens is 3. The molecule has 1 aliphatic rings. The highest BCUT2D eigenvalue weighted by Gasteiger charge is 2.34. The molecule has 0 aliphatic carbocycles. The molecule has 4 rings (SSSR count). The maximum atomic E-state index is 12.3. The number of ether oxygens (including phenoxy) is 2. The molecule has 172 valence electrons. The highest BCUT2D eigenvalue weighted by molar-refractivity contribution is 9.10. The van der Waals surface area contributed by atoms with E-state index in [1.54, 1.807) is 31.2 Å². The Balaban J connectivity index is 1.75. The predicted molar refractivity (Wildman–Crippen MR) is 128 cm³/mol. The first kappa shape index (κ1) is 23.3. The number of rotatable bonds is 7. The van der Waals surface area contributed by atoms with Gasteiger partial charge in [0.25, 0.3) is 0 Å². The van der Waals surface area contributed by atoms with Gasteiger partial charge in [-0.05, 0) is 70.0 Å². The zero-order valence-corrected chi connectivity index (χ0v) is 20.7. The lowest BCUT2D eigenvalue weighted by molar-refractivity contribution is -0.115. The van der Waals surface area contributed by atoms with E-state index < -0.39 is 11.9 Å². The highest BCUT2D eigenvalue weighted by Crippen LogP contribution is 2.43. The quantitative estimate of drug-likeness (QED) is 0.442. The van der Waals surface area contributed by atoms with E-state index in [0.29, 0.717) is 55.4 Å². The van der Waals surface area contributed by atoms with Crippen LogP contribution in [0.4, 0.5) is 5.95 Å². The fraction of sp³-hybridized carbons (Fsp3) is 0.238. The summed E-state index contributed by atoms with van der Waals surface area (Å²) < 4.78 is 14.0. The number of carbonyl (C=O) groups excluding carboxylic acids is 1. The average Bonchev–Trinajstić information content (AvgIpc) is 3.21. The molecule has 1 aliphatic heterocycles.